The molecule has 11 heteroatoms. The van der Waals surface area contributed by atoms with Crippen LogP contribution in [-0.2, 0) is 16.1 Å². The van der Waals surface area contributed by atoms with Crippen molar-refractivity contribution >= 4 is 50.1 Å². The Bertz CT molecular complexity index is 1530. The van der Waals surface area contributed by atoms with Gasteiger partial charge in [0.2, 0.25) is 5.91 Å². The highest BCUT2D eigenvalue weighted by Gasteiger charge is 2.43. The predicted octanol–water partition coefficient (Wildman–Crippen LogP) is 5.16. The van der Waals surface area contributed by atoms with Gasteiger partial charge in [0, 0.05) is 41.0 Å². The first-order valence-corrected chi connectivity index (χ1v) is 12.8. The van der Waals surface area contributed by atoms with Gasteiger partial charge < -0.3 is 14.6 Å². The van der Waals surface area contributed by atoms with Crippen LogP contribution in [-0.4, -0.2) is 43.2 Å². The first kappa shape index (κ1) is 25.7. The molecule has 0 radical (unpaired) electrons. The maximum Gasteiger partial charge on any atom is 0.321 e. The summed E-state index contributed by atoms with van der Waals surface area (Å²) < 4.78 is 22.3. The fraction of sp³-hybridized carbons (Fsp3) is 0.259. The van der Waals surface area contributed by atoms with E-state index in [2.05, 4.69) is 36.2 Å². The molecule has 0 saturated heterocycles. The van der Waals surface area contributed by atoms with Crippen molar-refractivity contribution in [2.75, 3.05) is 5.32 Å². The second kappa shape index (κ2) is 10.8. The number of ketones is 2. The number of carbonyl (C=O) groups is 3. The normalized spacial score (nSPS) is 18.9. The van der Waals surface area contributed by atoms with Crippen LogP contribution in [0.2, 0.25) is 0 Å². The lowest BCUT2D eigenvalue weighted by atomic mass is 9.91. The molecule has 0 aliphatic heterocycles. The minimum atomic E-state index is -1.26. The smallest absolute Gasteiger partial charge is 0.321 e. The van der Waals surface area contributed by atoms with Gasteiger partial charge in [0.15, 0.2) is 11.6 Å². The van der Waals surface area contributed by atoms with Crippen LogP contribution in [0.4, 0.5) is 10.2 Å². The van der Waals surface area contributed by atoms with Gasteiger partial charge in [-0.25, -0.2) is 19.3 Å². The summed E-state index contributed by atoms with van der Waals surface area (Å²) in [5.41, 5.74) is 1.05. The summed E-state index contributed by atoms with van der Waals surface area (Å²) in [5.74, 6) is -1.77. The Morgan fingerprint density at radius 2 is 1.87 bits per heavy atom. The second-order valence-corrected chi connectivity index (χ2v) is 9.93. The molecule has 1 amide bonds. The summed E-state index contributed by atoms with van der Waals surface area (Å²) >= 11 is 3.25. The molecule has 1 aromatic carbocycles. The standard InChI is InChI=1S/C27H23BrFN5O4/c1-15(35)21-13-34(22-7-6-17(12-18(21)22)38-27-30-8-3-9-31-27)14-23(36)19-10-16(29)11-20(19)26(37)33-25-5-2-4-24(28)32-25/h2-9,12-13,16,19-20H,10-11,14H2,1H3,(H,32,33,37)/t16-,19?,20+/m0/s1. The van der Waals surface area contributed by atoms with Crippen LogP contribution in [0.15, 0.2) is 65.7 Å². The number of aromatic nitrogens is 4. The zero-order valence-corrected chi connectivity index (χ0v) is 21.9. The van der Waals surface area contributed by atoms with Crippen LogP contribution in [0, 0.1) is 11.8 Å². The highest BCUT2D eigenvalue weighted by Crippen LogP contribution is 2.36. The van der Waals surface area contributed by atoms with Gasteiger partial charge in [-0.15, -0.1) is 0 Å². The van der Waals surface area contributed by atoms with Crippen LogP contribution in [0.1, 0.15) is 30.1 Å². The van der Waals surface area contributed by atoms with Gasteiger partial charge in [-0.2, -0.15) is 0 Å². The predicted molar refractivity (Wildman–Crippen MR) is 141 cm³/mol. The van der Waals surface area contributed by atoms with E-state index >= 15 is 0 Å². The van der Waals surface area contributed by atoms with E-state index in [-0.39, 0.29) is 37.0 Å². The van der Waals surface area contributed by atoms with Crippen molar-refractivity contribution in [1.29, 1.82) is 0 Å². The van der Waals surface area contributed by atoms with Gasteiger partial charge in [-0.1, -0.05) is 6.07 Å². The molecular formula is C27H23BrFN5O4. The zero-order chi connectivity index (χ0) is 26.8. The Hall–Kier alpha value is -3.99. The maximum atomic E-state index is 14.4. The first-order chi connectivity index (χ1) is 18.3. The van der Waals surface area contributed by atoms with Gasteiger partial charge in [-0.3, -0.25) is 14.4 Å². The average molecular weight is 580 g/mol. The number of alkyl halides is 1. The molecule has 3 aromatic heterocycles. The third-order valence-corrected chi connectivity index (χ3v) is 6.97. The van der Waals surface area contributed by atoms with E-state index in [0.29, 0.717) is 32.6 Å². The molecule has 4 aromatic rings. The molecule has 0 bridgehead atoms. The number of nitrogens with one attached hydrogen (secondary N) is 1. The Balaban J connectivity index is 1.38. The number of pyridine rings is 1. The summed E-state index contributed by atoms with van der Waals surface area (Å²) in [5, 5.41) is 3.29. The number of anilines is 1. The summed E-state index contributed by atoms with van der Waals surface area (Å²) in [7, 11) is 0. The van der Waals surface area contributed by atoms with Crippen LogP contribution in [0.5, 0.6) is 11.8 Å². The Kier molecular flexibility index (Phi) is 7.28. The fourth-order valence-electron chi connectivity index (χ4n) is 4.80. The molecule has 5 rings (SSSR count). The third kappa shape index (κ3) is 5.47. The van der Waals surface area contributed by atoms with Crippen molar-refractivity contribution in [1.82, 2.24) is 19.5 Å². The number of rotatable bonds is 8. The Morgan fingerprint density at radius 3 is 2.61 bits per heavy atom. The zero-order valence-electron chi connectivity index (χ0n) is 20.3. The highest BCUT2D eigenvalue weighted by molar-refractivity contribution is 9.10. The summed E-state index contributed by atoms with van der Waals surface area (Å²) in [4.78, 5) is 51.0. The molecule has 3 heterocycles. The van der Waals surface area contributed by atoms with Gasteiger partial charge in [0.05, 0.1) is 12.5 Å². The number of hydrogen-bond acceptors (Lipinski definition) is 7. The van der Waals surface area contributed by atoms with E-state index in [1.54, 1.807) is 65.6 Å². The molecule has 0 spiro atoms. The number of benzene rings is 1. The lowest BCUT2D eigenvalue weighted by Crippen LogP contribution is -2.32. The van der Waals surface area contributed by atoms with Crippen LogP contribution >= 0.6 is 15.9 Å². The van der Waals surface area contributed by atoms with Crippen molar-refractivity contribution in [2.45, 2.75) is 32.5 Å². The molecule has 1 unspecified atom stereocenters. The molecule has 1 aliphatic carbocycles. The molecule has 1 aliphatic rings. The summed E-state index contributed by atoms with van der Waals surface area (Å²) in [6.45, 7) is 1.33. The van der Waals surface area contributed by atoms with Crippen molar-refractivity contribution in [2.24, 2.45) is 11.8 Å². The number of fused-ring (bicyclic) bond motifs is 1. The van der Waals surface area contributed by atoms with Crippen molar-refractivity contribution < 1.29 is 23.5 Å². The minimum absolute atomic E-state index is 0.0311. The third-order valence-electron chi connectivity index (χ3n) is 6.53. The minimum Gasteiger partial charge on any atom is -0.424 e. The van der Waals surface area contributed by atoms with Crippen molar-refractivity contribution in [3.8, 4) is 11.8 Å². The molecule has 1 saturated carbocycles. The molecule has 9 nitrogen and oxygen atoms in total. The molecule has 3 atom stereocenters. The highest BCUT2D eigenvalue weighted by atomic mass is 79.9. The monoisotopic (exact) mass is 579 g/mol. The number of Topliss-reactive ketones (excluding diaryl/α,β-unsaturated/α-hetero) is 2. The van der Waals surface area contributed by atoms with Gasteiger partial charge in [0.25, 0.3) is 0 Å². The van der Waals surface area contributed by atoms with E-state index in [0.717, 1.165) is 0 Å². The van der Waals surface area contributed by atoms with E-state index in [4.69, 9.17) is 4.74 Å². The van der Waals surface area contributed by atoms with E-state index in [9.17, 15) is 18.8 Å². The number of hydrogen-bond donors (Lipinski definition) is 1. The lowest BCUT2D eigenvalue weighted by Gasteiger charge is -2.18. The maximum absolute atomic E-state index is 14.4. The quantitative estimate of drug-likeness (QED) is 0.226. The topological polar surface area (TPSA) is 116 Å². The summed E-state index contributed by atoms with van der Waals surface area (Å²) in [6.07, 6.45) is 3.38. The molecule has 1 N–H and O–H groups in total. The van der Waals surface area contributed by atoms with Gasteiger partial charge in [0.1, 0.15) is 22.3 Å². The van der Waals surface area contributed by atoms with Crippen LogP contribution in [0.3, 0.4) is 0 Å². The van der Waals surface area contributed by atoms with Crippen molar-refractivity contribution in [3.05, 3.63) is 71.2 Å². The largest absolute Gasteiger partial charge is 0.424 e. The summed E-state index contributed by atoms with van der Waals surface area (Å²) in [6, 6.07) is 12.0. The molecular weight excluding hydrogens is 557 g/mol. The fourth-order valence-corrected chi connectivity index (χ4v) is 5.14. The number of nitrogens with zero attached hydrogens (tertiary/aromatic N) is 4. The van der Waals surface area contributed by atoms with E-state index in [1.165, 1.54) is 6.92 Å². The SMILES string of the molecule is CC(=O)c1cn(CC(=O)C2C[C@H](F)C[C@H]2C(=O)Nc2cccc(Br)n2)c2ccc(Oc3ncccn3)cc12. The Labute approximate surface area is 225 Å². The Morgan fingerprint density at radius 1 is 1.11 bits per heavy atom. The number of amides is 1. The van der Waals surface area contributed by atoms with Gasteiger partial charge in [-0.05, 0) is 72.1 Å². The molecule has 1 fully saturated rings. The van der Waals surface area contributed by atoms with Gasteiger partial charge >= 0.3 is 6.01 Å². The number of ether oxygens (including phenoxy) is 1. The molecule has 38 heavy (non-hydrogen) atoms. The van der Waals surface area contributed by atoms with Crippen LogP contribution < -0.4 is 10.1 Å². The second-order valence-electron chi connectivity index (χ2n) is 9.12. The first-order valence-electron chi connectivity index (χ1n) is 12.0. The average Bonchev–Trinajstić information content (AvgIpc) is 3.45. The van der Waals surface area contributed by atoms with Crippen molar-refractivity contribution in [3.63, 3.8) is 0 Å². The number of carbonyl (C=O) groups excluding carboxylic acids is 3. The van der Waals surface area contributed by atoms with Crippen LogP contribution in [0.25, 0.3) is 10.9 Å². The van der Waals surface area contributed by atoms with E-state index in [1.807, 2.05) is 0 Å². The lowest BCUT2D eigenvalue weighted by molar-refractivity contribution is -0.130. The molecule has 194 valence electrons. The number of halogens is 2. The van der Waals surface area contributed by atoms with E-state index < -0.39 is 23.9 Å².